The van der Waals surface area contributed by atoms with E-state index in [1.54, 1.807) is 18.3 Å². The first-order valence-electron chi connectivity index (χ1n) is 11.0. The molecule has 33 heavy (non-hydrogen) atoms. The highest BCUT2D eigenvalue weighted by Gasteiger charge is 2.20. The summed E-state index contributed by atoms with van der Waals surface area (Å²) in [4.78, 5) is 18.0. The molecule has 1 N–H and O–H groups in total. The Hall–Kier alpha value is -2.88. The number of likely N-dealkylation sites (N-methyl/N-ethyl adjacent to an activating group) is 1. The number of piperazine rings is 1. The van der Waals surface area contributed by atoms with E-state index in [1.807, 2.05) is 6.07 Å². The van der Waals surface area contributed by atoms with Crippen molar-refractivity contribution in [3.63, 3.8) is 0 Å². The molecular formula is C24H24BrFN6O. The van der Waals surface area contributed by atoms with Crippen LogP contribution >= 0.6 is 15.9 Å². The van der Waals surface area contributed by atoms with Gasteiger partial charge in [0.05, 0.1) is 5.69 Å². The Bertz CT molecular complexity index is 1200. The third-order valence-electron chi connectivity index (χ3n) is 5.90. The Morgan fingerprint density at radius 3 is 2.67 bits per heavy atom. The van der Waals surface area contributed by atoms with Crippen LogP contribution in [0.2, 0.25) is 0 Å². The lowest BCUT2D eigenvalue weighted by atomic mass is 10.1. The van der Waals surface area contributed by atoms with Gasteiger partial charge in [-0.05, 0) is 42.4 Å². The van der Waals surface area contributed by atoms with Crippen LogP contribution in [0, 0.1) is 5.82 Å². The Morgan fingerprint density at radius 2 is 1.88 bits per heavy atom. The molecule has 0 aliphatic carbocycles. The molecule has 3 heterocycles. The monoisotopic (exact) mass is 510 g/mol. The summed E-state index contributed by atoms with van der Waals surface area (Å²) in [6, 6.07) is 10.9. The molecule has 1 aromatic heterocycles. The van der Waals surface area contributed by atoms with E-state index in [1.165, 1.54) is 18.0 Å². The van der Waals surface area contributed by atoms with Crippen LogP contribution in [0.15, 0.2) is 52.2 Å². The molecule has 0 amide bonds. The molecule has 5 rings (SSSR count). The zero-order valence-corrected chi connectivity index (χ0v) is 19.8. The maximum absolute atomic E-state index is 14.3. The van der Waals surface area contributed by atoms with E-state index >= 15 is 0 Å². The third kappa shape index (κ3) is 4.90. The predicted octanol–water partition coefficient (Wildman–Crippen LogP) is 5.12. The summed E-state index contributed by atoms with van der Waals surface area (Å²) in [5.41, 5.74) is 2.80. The predicted molar refractivity (Wildman–Crippen MR) is 131 cm³/mol. The molecule has 1 saturated heterocycles. The molecular weight excluding hydrogens is 487 g/mol. The van der Waals surface area contributed by atoms with Crippen LogP contribution in [0.4, 0.5) is 21.6 Å². The normalized spacial score (nSPS) is 16.0. The van der Waals surface area contributed by atoms with Crippen LogP contribution in [0.3, 0.4) is 0 Å². The summed E-state index contributed by atoms with van der Waals surface area (Å²) in [6.07, 6.45) is 3.13. The van der Waals surface area contributed by atoms with Crippen molar-refractivity contribution in [2.24, 2.45) is 4.99 Å². The number of hydrogen-bond acceptors (Lipinski definition) is 7. The van der Waals surface area contributed by atoms with E-state index in [2.05, 4.69) is 65.1 Å². The quantitative estimate of drug-likeness (QED) is 0.402. The van der Waals surface area contributed by atoms with E-state index < -0.39 is 5.82 Å². The molecule has 7 nitrogen and oxygen atoms in total. The molecule has 0 spiro atoms. The molecule has 0 radical (unpaired) electrons. The molecule has 2 aliphatic heterocycles. The van der Waals surface area contributed by atoms with Crippen molar-refractivity contribution in [1.29, 1.82) is 0 Å². The SMILES string of the molecule is CCN1CCN(Cc2ccc3c(c2)C=Nc2c(Nc4ccc(Br)cc4F)ncnc2O3)CC1. The van der Waals surface area contributed by atoms with Crippen molar-refractivity contribution in [3.05, 3.63) is 64.1 Å². The number of fused-ring (bicyclic) bond motifs is 2. The molecule has 2 aromatic carbocycles. The molecule has 0 bridgehead atoms. The number of nitrogens with zero attached hydrogens (tertiary/aromatic N) is 5. The smallest absolute Gasteiger partial charge is 0.250 e. The van der Waals surface area contributed by atoms with Gasteiger partial charge in [-0.3, -0.25) is 4.90 Å². The molecule has 170 valence electrons. The minimum atomic E-state index is -0.400. The summed E-state index contributed by atoms with van der Waals surface area (Å²) in [5.74, 6) is 0.974. The van der Waals surface area contributed by atoms with Crippen LogP contribution in [-0.4, -0.2) is 58.7 Å². The molecule has 1 fully saturated rings. The van der Waals surface area contributed by atoms with Gasteiger partial charge in [-0.25, -0.2) is 14.4 Å². The van der Waals surface area contributed by atoms with Gasteiger partial charge in [-0.2, -0.15) is 4.98 Å². The topological polar surface area (TPSA) is 65.9 Å². The van der Waals surface area contributed by atoms with Gasteiger partial charge < -0.3 is 15.0 Å². The van der Waals surface area contributed by atoms with Crippen molar-refractivity contribution in [3.8, 4) is 11.6 Å². The number of benzene rings is 2. The van der Waals surface area contributed by atoms with Crippen LogP contribution in [0.1, 0.15) is 18.1 Å². The average molecular weight is 511 g/mol. The Kier molecular flexibility index (Phi) is 6.34. The number of rotatable bonds is 5. The number of anilines is 2. The second-order valence-electron chi connectivity index (χ2n) is 8.07. The maximum Gasteiger partial charge on any atom is 0.250 e. The van der Waals surface area contributed by atoms with Gasteiger partial charge >= 0.3 is 0 Å². The lowest BCUT2D eigenvalue weighted by Gasteiger charge is -2.34. The Balaban J connectivity index is 1.37. The van der Waals surface area contributed by atoms with E-state index in [0.717, 1.165) is 44.8 Å². The molecule has 0 atom stereocenters. The highest BCUT2D eigenvalue weighted by molar-refractivity contribution is 9.10. The lowest BCUT2D eigenvalue weighted by molar-refractivity contribution is 0.132. The first-order valence-corrected chi connectivity index (χ1v) is 11.7. The third-order valence-corrected chi connectivity index (χ3v) is 6.40. The summed E-state index contributed by atoms with van der Waals surface area (Å²) in [7, 11) is 0. The second kappa shape index (κ2) is 9.54. The van der Waals surface area contributed by atoms with Gasteiger partial charge in [0.15, 0.2) is 11.5 Å². The van der Waals surface area contributed by atoms with Gasteiger partial charge in [0.25, 0.3) is 5.88 Å². The zero-order chi connectivity index (χ0) is 22.8. The number of aromatic nitrogens is 2. The number of aliphatic imine (C=N–C) groups is 1. The lowest BCUT2D eigenvalue weighted by Crippen LogP contribution is -2.45. The molecule has 9 heteroatoms. The number of halogens is 2. The fourth-order valence-electron chi connectivity index (χ4n) is 4.01. The average Bonchev–Trinajstić information content (AvgIpc) is 3.01. The van der Waals surface area contributed by atoms with Gasteiger partial charge in [0.1, 0.15) is 17.9 Å². The number of hydrogen-bond donors (Lipinski definition) is 1. The molecule has 0 saturated carbocycles. The van der Waals surface area contributed by atoms with Crippen LogP contribution in [0.5, 0.6) is 11.6 Å². The fourth-order valence-corrected chi connectivity index (χ4v) is 4.35. The maximum atomic E-state index is 14.3. The van der Waals surface area contributed by atoms with Crippen LogP contribution < -0.4 is 10.1 Å². The van der Waals surface area contributed by atoms with Crippen molar-refractivity contribution < 1.29 is 9.13 Å². The molecule has 2 aliphatic rings. The highest BCUT2D eigenvalue weighted by atomic mass is 79.9. The van der Waals surface area contributed by atoms with Gasteiger partial charge in [0.2, 0.25) is 0 Å². The van der Waals surface area contributed by atoms with E-state index in [-0.39, 0.29) is 0 Å². The minimum absolute atomic E-state index is 0.293. The fraction of sp³-hybridized carbons (Fsp3) is 0.292. The van der Waals surface area contributed by atoms with Gasteiger partial charge in [-0.15, -0.1) is 0 Å². The summed E-state index contributed by atoms with van der Waals surface area (Å²) in [6.45, 7) is 8.55. The second-order valence-corrected chi connectivity index (χ2v) is 8.98. The van der Waals surface area contributed by atoms with Crippen molar-refractivity contribution in [1.82, 2.24) is 19.8 Å². The summed E-state index contributed by atoms with van der Waals surface area (Å²) >= 11 is 3.27. The standard InChI is InChI=1S/C24H24BrFN6O/c1-2-31-7-9-32(10-8-31)14-16-3-6-21-17(11-16)13-27-22-23(28-15-29-24(22)33-21)30-20-5-4-18(25)12-19(20)26/h3-6,11-13,15H,2,7-10,14H2,1H3,(H,28,29,30). The summed E-state index contributed by atoms with van der Waals surface area (Å²) in [5, 5.41) is 3.00. The van der Waals surface area contributed by atoms with E-state index in [9.17, 15) is 4.39 Å². The highest BCUT2D eigenvalue weighted by Crippen LogP contribution is 2.39. The molecule has 0 unspecified atom stereocenters. The molecule has 3 aromatic rings. The first-order chi connectivity index (χ1) is 16.1. The zero-order valence-electron chi connectivity index (χ0n) is 18.3. The Labute approximate surface area is 200 Å². The first kappa shape index (κ1) is 21.9. The van der Waals surface area contributed by atoms with Crippen molar-refractivity contribution in [2.45, 2.75) is 13.5 Å². The number of nitrogens with one attached hydrogen (secondary N) is 1. The van der Waals surface area contributed by atoms with Crippen molar-refractivity contribution in [2.75, 3.05) is 38.0 Å². The van der Waals surface area contributed by atoms with Crippen molar-refractivity contribution >= 4 is 39.3 Å². The minimum Gasteiger partial charge on any atom is -0.436 e. The van der Waals surface area contributed by atoms with Crippen LogP contribution in [0.25, 0.3) is 0 Å². The van der Waals surface area contributed by atoms with Gasteiger partial charge in [-0.1, -0.05) is 28.9 Å². The number of ether oxygens (including phenoxy) is 1. The Morgan fingerprint density at radius 1 is 1.06 bits per heavy atom. The summed E-state index contributed by atoms with van der Waals surface area (Å²) < 4.78 is 21.1. The van der Waals surface area contributed by atoms with E-state index in [0.29, 0.717) is 33.3 Å². The van der Waals surface area contributed by atoms with Gasteiger partial charge in [0, 0.05) is 49.0 Å². The van der Waals surface area contributed by atoms with E-state index in [4.69, 9.17) is 4.74 Å². The largest absolute Gasteiger partial charge is 0.436 e. The van der Waals surface area contributed by atoms with Crippen LogP contribution in [-0.2, 0) is 6.54 Å².